The van der Waals surface area contributed by atoms with Gasteiger partial charge in [0.1, 0.15) is 0 Å². The molecule has 0 aliphatic heterocycles. The minimum Gasteiger partial charge on any atom is -0.393 e. The molecule has 23 heavy (non-hydrogen) atoms. The molecule has 2 aliphatic carbocycles. The van der Waals surface area contributed by atoms with Crippen LogP contribution in [0.2, 0.25) is 0 Å². The Morgan fingerprint density at radius 2 is 1.09 bits per heavy atom. The highest BCUT2D eigenvalue weighted by Gasteiger charge is 2.21. The van der Waals surface area contributed by atoms with Crippen molar-refractivity contribution >= 4 is 0 Å². The highest BCUT2D eigenvalue weighted by Crippen LogP contribution is 2.27. The van der Waals surface area contributed by atoms with Crippen molar-refractivity contribution in [1.82, 2.24) is 0 Å². The van der Waals surface area contributed by atoms with Gasteiger partial charge in [-0.25, -0.2) is 0 Å². The zero-order valence-electron chi connectivity index (χ0n) is 17.4. The summed E-state index contributed by atoms with van der Waals surface area (Å²) >= 11 is 0. The van der Waals surface area contributed by atoms with E-state index in [2.05, 4.69) is 6.92 Å². The van der Waals surface area contributed by atoms with E-state index in [1.807, 2.05) is 41.5 Å². The Morgan fingerprint density at radius 3 is 1.43 bits per heavy atom. The quantitative estimate of drug-likeness (QED) is 0.588. The summed E-state index contributed by atoms with van der Waals surface area (Å²) < 4.78 is 0. The molecule has 2 fully saturated rings. The van der Waals surface area contributed by atoms with E-state index in [-0.39, 0.29) is 12.2 Å². The molecule has 0 bridgehead atoms. The normalized spacial score (nSPS) is 23.3. The summed E-state index contributed by atoms with van der Waals surface area (Å²) in [6.07, 6.45) is 13.3. The second-order valence-corrected chi connectivity index (χ2v) is 5.69. The minimum atomic E-state index is 0.0219. The maximum absolute atomic E-state index is 9.50. The van der Waals surface area contributed by atoms with Crippen LogP contribution >= 0.6 is 0 Å². The van der Waals surface area contributed by atoms with E-state index in [4.69, 9.17) is 5.11 Å². The number of hydrogen-bond acceptors (Lipinski definition) is 2. The summed E-state index contributed by atoms with van der Waals surface area (Å²) in [6.45, 7) is 14.2. The molecule has 2 nitrogen and oxygen atoms in total. The van der Waals surface area contributed by atoms with Crippen LogP contribution in [0.1, 0.15) is 119 Å². The van der Waals surface area contributed by atoms with Gasteiger partial charge in [-0.15, -0.1) is 0 Å². The molecule has 2 atom stereocenters. The summed E-state index contributed by atoms with van der Waals surface area (Å²) in [6, 6.07) is 0. The van der Waals surface area contributed by atoms with E-state index in [1.54, 1.807) is 0 Å². The maximum atomic E-state index is 9.50. The van der Waals surface area contributed by atoms with Crippen molar-refractivity contribution < 1.29 is 10.2 Å². The molecule has 0 heterocycles. The van der Waals surface area contributed by atoms with Crippen LogP contribution in [-0.2, 0) is 0 Å². The average molecular weight is 333 g/mol. The molecular formula is C21H48O2. The minimum absolute atomic E-state index is 0.0219. The fraction of sp³-hybridized carbons (Fsp3) is 1.00. The molecule has 0 radical (unpaired) electrons. The van der Waals surface area contributed by atoms with Crippen molar-refractivity contribution in [2.45, 2.75) is 131 Å². The summed E-state index contributed by atoms with van der Waals surface area (Å²) in [4.78, 5) is 0. The summed E-state index contributed by atoms with van der Waals surface area (Å²) in [5.74, 6) is 0.624. The van der Waals surface area contributed by atoms with Gasteiger partial charge in [-0.2, -0.15) is 0 Å². The van der Waals surface area contributed by atoms with E-state index >= 15 is 0 Å². The van der Waals surface area contributed by atoms with Crippen molar-refractivity contribution in [3.8, 4) is 0 Å². The summed E-state index contributed by atoms with van der Waals surface area (Å²) in [7, 11) is 0. The van der Waals surface area contributed by atoms with Crippen LogP contribution in [0.5, 0.6) is 0 Å². The standard InChI is InChI=1S/C9H18O.C6H12O.3C2H6/c1-2-5-8-6-3-4-7-9(8)10;7-6-4-2-1-3-5-6;3*1-2/h8-10H,2-7H2,1H3;6-7H,1-5H2;3*1-2H3. The van der Waals surface area contributed by atoms with Gasteiger partial charge < -0.3 is 10.2 Å². The molecule has 144 valence electrons. The molecule has 2 rings (SSSR count). The Bertz CT molecular complexity index is 175. The average Bonchev–Trinajstić information content (AvgIpc) is 2.64. The van der Waals surface area contributed by atoms with Crippen LogP contribution in [-0.4, -0.2) is 22.4 Å². The fourth-order valence-electron chi connectivity index (χ4n) is 2.98. The van der Waals surface area contributed by atoms with Crippen LogP contribution in [0.25, 0.3) is 0 Å². The Balaban J connectivity index is -0.000000270. The second-order valence-electron chi connectivity index (χ2n) is 5.69. The van der Waals surface area contributed by atoms with Crippen molar-refractivity contribution in [2.75, 3.05) is 0 Å². The lowest BCUT2D eigenvalue weighted by molar-refractivity contribution is 0.0650. The van der Waals surface area contributed by atoms with Crippen LogP contribution in [0.15, 0.2) is 0 Å². The first-order valence-electron chi connectivity index (χ1n) is 10.6. The van der Waals surface area contributed by atoms with Gasteiger partial charge >= 0.3 is 0 Å². The first kappa shape index (κ1) is 27.8. The predicted octanol–water partition coefficient (Wildman–Crippen LogP) is 6.73. The topological polar surface area (TPSA) is 40.5 Å². The van der Waals surface area contributed by atoms with Gasteiger partial charge in [0.05, 0.1) is 12.2 Å². The van der Waals surface area contributed by atoms with Crippen LogP contribution in [0, 0.1) is 5.92 Å². The largest absolute Gasteiger partial charge is 0.393 e. The zero-order chi connectivity index (χ0) is 18.5. The van der Waals surface area contributed by atoms with Gasteiger partial charge in [0, 0.05) is 0 Å². The molecular weight excluding hydrogens is 284 g/mol. The molecule has 0 spiro atoms. The fourth-order valence-corrected chi connectivity index (χ4v) is 2.98. The number of aliphatic hydroxyl groups excluding tert-OH is 2. The first-order chi connectivity index (χ1) is 11.2. The van der Waals surface area contributed by atoms with Gasteiger partial charge in [0.15, 0.2) is 0 Å². The first-order valence-corrected chi connectivity index (χ1v) is 10.6. The van der Waals surface area contributed by atoms with Crippen molar-refractivity contribution in [1.29, 1.82) is 0 Å². The summed E-state index contributed by atoms with van der Waals surface area (Å²) in [5, 5.41) is 18.4. The molecule has 0 amide bonds. The Hall–Kier alpha value is -0.0800. The van der Waals surface area contributed by atoms with Gasteiger partial charge in [0.25, 0.3) is 0 Å². The molecule has 2 saturated carbocycles. The third-order valence-corrected chi connectivity index (χ3v) is 4.10. The van der Waals surface area contributed by atoms with E-state index in [1.165, 1.54) is 51.4 Å². The van der Waals surface area contributed by atoms with E-state index in [9.17, 15) is 5.11 Å². The lowest BCUT2D eigenvalue weighted by Gasteiger charge is -2.26. The molecule has 2 heteroatoms. The maximum Gasteiger partial charge on any atom is 0.0568 e. The predicted molar refractivity (Wildman–Crippen MR) is 106 cm³/mol. The highest BCUT2D eigenvalue weighted by atomic mass is 16.3. The zero-order valence-corrected chi connectivity index (χ0v) is 17.4. The van der Waals surface area contributed by atoms with Crippen LogP contribution < -0.4 is 0 Å². The Morgan fingerprint density at radius 1 is 0.652 bits per heavy atom. The molecule has 2 N–H and O–H groups in total. The Kier molecular flexibility index (Phi) is 29.2. The number of hydrogen-bond donors (Lipinski definition) is 2. The molecule has 2 aliphatic rings. The van der Waals surface area contributed by atoms with E-state index in [0.29, 0.717) is 5.92 Å². The SMILES string of the molecule is CC.CC.CC.CCCC1CCCCC1O.OC1CCCCC1. The van der Waals surface area contributed by atoms with Gasteiger partial charge in [-0.1, -0.05) is 87.0 Å². The van der Waals surface area contributed by atoms with Crippen molar-refractivity contribution in [3.05, 3.63) is 0 Å². The molecule has 0 aromatic rings. The van der Waals surface area contributed by atoms with Crippen LogP contribution in [0.4, 0.5) is 0 Å². The highest BCUT2D eigenvalue weighted by molar-refractivity contribution is 4.73. The lowest BCUT2D eigenvalue weighted by atomic mass is 9.84. The van der Waals surface area contributed by atoms with Crippen molar-refractivity contribution in [3.63, 3.8) is 0 Å². The second kappa shape index (κ2) is 24.2. The van der Waals surface area contributed by atoms with E-state index in [0.717, 1.165) is 19.3 Å². The van der Waals surface area contributed by atoms with Gasteiger partial charge in [-0.05, 0) is 38.0 Å². The molecule has 0 saturated heterocycles. The summed E-state index contributed by atoms with van der Waals surface area (Å²) in [5.41, 5.74) is 0. The van der Waals surface area contributed by atoms with Gasteiger partial charge in [-0.3, -0.25) is 0 Å². The molecule has 2 unspecified atom stereocenters. The number of rotatable bonds is 2. The third kappa shape index (κ3) is 18.1. The lowest BCUT2D eigenvalue weighted by Crippen LogP contribution is -2.23. The van der Waals surface area contributed by atoms with Gasteiger partial charge in [0.2, 0.25) is 0 Å². The monoisotopic (exact) mass is 332 g/mol. The van der Waals surface area contributed by atoms with E-state index < -0.39 is 0 Å². The Labute approximate surface area is 148 Å². The third-order valence-electron chi connectivity index (χ3n) is 4.10. The molecule has 0 aromatic heterocycles. The van der Waals surface area contributed by atoms with Crippen molar-refractivity contribution in [2.24, 2.45) is 5.92 Å². The smallest absolute Gasteiger partial charge is 0.0568 e. The number of aliphatic hydroxyl groups is 2. The molecule has 0 aromatic carbocycles. The van der Waals surface area contributed by atoms with Crippen LogP contribution in [0.3, 0.4) is 0 Å².